The van der Waals surface area contributed by atoms with E-state index in [4.69, 9.17) is 0 Å². The van der Waals surface area contributed by atoms with Crippen LogP contribution in [-0.2, 0) is 0 Å². The molecule has 0 amide bonds. The topological polar surface area (TPSA) is 28.7 Å². The lowest BCUT2D eigenvalue weighted by molar-refractivity contribution is 1.14. The largest absolute Gasteiger partial charge is 0.336 e. The molecule has 1 aromatic heterocycles. The van der Waals surface area contributed by atoms with Crippen LogP contribution >= 0.6 is 15.9 Å². The first-order valence-corrected chi connectivity index (χ1v) is 4.51. The molecule has 58 valence electrons. The third-order valence-corrected chi connectivity index (χ3v) is 1.54. The summed E-state index contributed by atoms with van der Waals surface area (Å²) in [4.78, 5) is 7.06. The van der Waals surface area contributed by atoms with Crippen LogP contribution in [0, 0.1) is 18.8 Å². The van der Waals surface area contributed by atoms with Gasteiger partial charge in [0.1, 0.15) is 11.5 Å². The van der Waals surface area contributed by atoms with Gasteiger partial charge in [-0.1, -0.05) is 21.9 Å². The molecular formula is C8H9BrN2. The molecule has 0 aliphatic carbocycles. The SMILES string of the molecule is Cc1ncc(C#CCCBr)[nH]1. The molecule has 3 heteroatoms. The van der Waals surface area contributed by atoms with Crippen molar-refractivity contribution in [3.8, 4) is 11.8 Å². The maximum Gasteiger partial charge on any atom is 0.109 e. The number of alkyl halides is 1. The average molecular weight is 213 g/mol. The van der Waals surface area contributed by atoms with Crippen molar-refractivity contribution in [3.63, 3.8) is 0 Å². The number of aromatic nitrogens is 2. The maximum atomic E-state index is 4.03. The van der Waals surface area contributed by atoms with Gasteiger partial charge < -0.3 is 4.98 Å². The van der Waals surface area contributed by atoms with E-state index in [9.17, 15) is 0 Å². The highest BCUT2D eigenvalue weighted by Crippen LogP contribution is 1.92. The molecule has 0 aliphatic heterocycles. The lowest BCUT2D eigenvalue weighted by Gasteiger charge is -1.78. The molecule has 0 fully saturated rings. The summed E-state index contributed by atoms with van der Waals surface area (Å²) in [6.45, 7) is 1.91. The smallest absolute Gasteiger partial charge is 0.109 e. The maximum absolute atomic E-state index is 4.03. The fourth-order valence-corrected chi connectivity index (χ4v) is 0.888. The predicted molar refractivity (Wildman–Crippen MR) is 48.6 cm³/mol. The van der Waals surface area contributed by atoms with Crippen molar-refractivity contribution < 1.29 is 0 Å². The van der Waals surface area contributed by atoms with Gasteiger partial charge in [-0.15, -0.1) is 0 Å². The summed E-state index contributed by atoms with van der Waals surface area (Å²) in [6, 6.07) is 0. The summed E-state index contributed by atoms with van der Waals surface area (Å²) in [5.41, 5.74) is 0.892. The van der Waals surface area contributed by atoms with E-state index in [1.807, 2.05) is 6.92 Å². The first-order valence-electron chi connectivity index (χ1n) is 3.39. The zero-order chi connectivity index (χ0) is 8.10. The number of hydrogen-bond acceptors (Lipinski definition) is 1. The van der Waals surface area contributed by atoms with E-state index >= 15 is 0 Å². The normalized spacial score (nSPS) is 8.91. The Morgan fingerprint density at radius 3 is 3.09 bits per heavy atom. The van der Waals surface area contributed by atoms with Gasteiger partial charge in [0.05, 0.1) is 6.20 Å². The first kappa shape index (κ1) is 8.35. The lowest BCUT2D eigenvalue weighted by Crippen LogP contribution is -1.74. The van der Waals surface area contributed by atoms with Crippen molar-refractivity contribution in [1.29, 1.82) is 0 Å². The second kappa shape index (κ2) is 4.20. The van der Waals surface area contributed by atoms with Crippen LogP contribution in [0.1, 0.15) is 17.9 Å². The van der Waals surface area contributed by atoms with E-state index in [1.54, 1.807) is 6.20 Å². The van der Waals surface area contributed by atoms with Crippen LogP contribution in [0.2, 0.25) is 0 Å². The molecule has 1 N–H and O–H groups in total. The molecule has 0 unspecified atom stereocenters. The molecule has 0 spiro atoms. The molecule has 0 bridgehead atoms. The van der Waals surface area contributed by atoms with Crippen LogP contribution < -0.4 is 0 Å². The summed E-state index contributed by atoms with van der Waals surface area (Å²) in [6.07, 6.45) is 2.62. The molecule has 1 heterocycles. The quantitative estimate of drug-likeness (QED) is 0.559. The molecule has 0 saturated heterocycles. The molecule has 0 radical (unpaired) electrons. The molecule has 0 saturated carbocycles. The van der Waals surface area contributed by atoms with Gasteiger partial charge in [0.25, 0.3) is 0 Å². The van der Waals surface area contributed by atoms with Crippen LogP contribution in [0.15, 0.2) is 6.20 Å². The Morgan fingerprint density at radius 2 is 2.55 bits per heavy atom. The third kappa shape index (κ3) is 2.77. The summed E-state index contributed by atoms with van der Waals surface area (Å²) < 4.78 is 0. The summed E-state index contributed by atoms with van der Waals surface area (Å²) >= 11 is 3.30. The fourth-order valence-electron chi connectivity index (χ4n) is 0.689. The Morgan fingerprint density at radius 1 is 1.73 bits per heavy atom. The van der Waals surface area contributed by atoms with Crippen LogP contribution in [0.3, 0.4) is 0 Å². The second-order valence-electron chi connectivity index (χ2n) is 2.12. The molecule has 0 aliphatic rings. The highest BCUT2D eigenvalue weighted by atomic mass is 79.9. The van der Waals surface area contributed by atoms with E-state index in [2.05, 4.69) is 37.7 Å². The molecule has 1 aromatic rings. The third-order valence-electron chi connectivity index (χ3n) is 1.15. The molecule has 0 atom stereocenters. The van der Waals surface area contributed by atoms with Crippen molar-refractivity contribution in [2.75, 3.05) is 5.33 Å². The summed E-state index contributed by atoms with van der Waals surface area (Å²) in [7, 11) is 0. The number of imidazole rings is 1. The molecule has 11 heavy (non-hydrogen) atoms. The minimum absolute atomic E-state index is 0.873. The minimum Gasteiger partial charge on any atom is -0.336 e. The van der Waals surface area contributed by atoms with Crippen molar-refractivity contribution in [1.82, 2.24) is 9.97 Å². The van der Waals surface area contributed by atoms with E-state index < -0.39 is 0 Å². The fraction of sp³-hybridized carbons (Fsp3) is 0.375. The van der Waals surface area contributed by atoms with E-state index in [0.717, 1.165) is 23.3 Å². The Hall–Kier alpha value is -0.750. The molecule has 2 nitrogen and oxygen atoms in total. The van der Waals surface area contributed by atoms with E-state index in [-0.39, 0.29) is 0 Å². The number of nitrogens with one attached hydrogen (secondary N) is 1. The first-order chi connectivity index (χ1) is 5.33. The lowest BCUT2D eigenvalue weighted by atomic mass is 10.4. The molecular weight excluding hydrogens is 204 g/mol. The van der Waals surface area contributed by atoms with Gasteiger partial charge in [-0.2, -0.15) is 0 Å². The number of nitrogens with zero attached hydrogens (tertiary/aromatic N) is 1. The van der Waals surface area contributed by atoms with Gasteiger partial charge >= 0.3 is 0 Å². The van der Waals surface area contributed by atoms with Gasteiger partial charge in [0.15, 0.2) is 0 Å². The Bertz CT molecular complexity index is 280. The van der Waals surface area contributed by atoms with Crippen LogP contribution in [0.25, 0.3) is 0 Å². The highest BCUT2D eigenvalue weighted by molar-refractivity contribution is 9.09. The number of hydrogen-bond donors (Lipinski definition) is 1. The minimum atomic E-state index is 0.873. The predicted octanol–water partition coefficient (Wildman–Crippen LogP) is 1.85. The summed E-state index contributed by atoms with van der Waals surface area (Å²) in [5.74, 6) is 6.88. The van der Waals surface area contributed by atoms with Crippen LogP contribution in [0.4, 0.5) is 0 Å². The Kier molecular flexibility index (Phi) is 3.18. The highest BCUT2D eigenvalue weighted by Gasteiger charge is 1.88. The Labute approximate surface area is 74.6 Å². The summed E-state index contributed by atoms with van der Waals surface area (Å²) in [5, 5.41) is 0.924. The van der Waals surface area contributed by atoms with Crippen molar-refractivity contribution in [2.45, 2.75) is 13.3 Å². The van der Waals surface area contributed by atoms with E-state index in [0.29, 0.717) is 0 Å². The van der Waals surface area contributed by atoms with Gasteiger partial charge in [-0.05, 0) is 12.8 Å². The number of halogens is 1. The number of rotatable bonds is 1. The number of aromatic amines is 1. The van der Waals surface area contributed by atoms with Gasteiger partial charge in [0, 0.05) is 11.8 Å². The zero-order valence-electron chi connectivity index (χ0n) is 6.32. The molecule has 1 rings (SSSR count). The number of H-pyrrole nitrogens is 1. The average Bonchev–Trinajstić information content (AvgIpc) is 2.37. The van der Waals surface area contributed by atoms with Crippen molar-refractivity contribution in [3.05, 3.63) is 17.7 Å². The number of aryl methyl sites for hydroxylation is 1. The standard InChI is InChI=1S/C8H9BrN2/c1-7-10-6-8(11-7)4-2-3-5-9/h6H,3,5H2,1H3,(H,10,11). The second-order valence-corrected chi connectivity index (χ2v) is 2.92. The van der Waals surface area contributed by atoms with Crippen molar-refractivity contribution in [2.24, 2.45) is 0 Å². The van der Waals surface area contributed by atoms with Crippen LogP contribution in [0.5, 0.6) is 0 Å². The van der Waals surface area contributed by atoms with Crippen molar-refractivity contribution >= 4 is 15.9 Å². The zero-order valence-corrected chi connectivity index (χ0v) is 7.90. The molecule has 0 aromatic carbocycles. The van der Waals surface area contributed by atoms with Gasteiger partial charge in [-0.25, -0.2) is 4.98 Å². The van der Waals surface area contributed by atoms with E-state index in [1.165, 1.54) is 0 Å². The monoisotopic (exact) mass is 212 g/mol. The van der Waals surface area contributed by atoms with Gasteiger partial charge in [0.2, 0.25) is 0 Å². The van der Waals surface area contributed by atoms with Gasteiger partial charge in [-0.3, -0.25) is 0 Å². The Balaban J connectivity index is 2.59. The van der Waals surface area contributed by atoms with Crippen LogP contribution in [-0.4, -0.2) is 15.3 Å².